The number of hydrogen-bond acceptors (Lipinski definition) is 4. The summed E-state index contributed by atoms with van der Waals surface area (Å²) < 4.78 is 5.50. The molecular weight excluding hydrogens is 262 g/mol. The second kappa shape index (κ2) is 5.40. The third kappa shape index (κ3) is 2.74. The first kappa shape index (κ1) is 13.5. The smallest absolute Gasteiger partial charge is 0.335 e. The van der Waals surface area contributed by atoms with Crippen LogP contribution >= 0.6 is 0 Å². The fourth-order valence-electron chi connectivity index (χ4n) is 1.67. The van der Waals surface area contributed by atoms with E-state index in [4.69, 9.17) is 9.84 Å². The summed E-state index contributed by atoms with van der Waals surface area (Å²) in [6, 6.07) is 10.6. The summed E-state index contributed by atoms with van der Waals surface area (Å²) in [6.07, 6.45) is 0. The Morgan fingerprint density at radius 1 is 1.20 bits per heavy atom. The van der Waals surface area contributed by atoms with Crippen molar-refractivity contribution in [1.82, 2.24) is 0 Å². The van der Waals surface area contributed by atoms with Gasteiger partial charge in [-0.3, -0.25) is 10.1 Å². The van der Waals surface area contributed by atoms with Crippen LogP contribution in [-0.2, 0) is 0 Å². The Morgan fingerprint density at radius 3 is 2.50 bits per heavy atom. The van der Waals surface area contributed by atoms with Gasteiger partial charge in [0.15, 0.2) is 0 Å². The van der Waals surface area contributed by atoms with Gasteiger partial charge in [-0.1, -0.05) is 18.2 Å². The van der Waals surface area contributed by atoms with Crippen LogP contribution in [0.5, 0.6) is 11.5 Å². The first-order chi connectivity index (χ1) is 9.49. The highest BCUT2D eigenvalue weighted by Gasteiger charge is 2.19. The summed E-state index contributed by atoms with van der Waals surface area (Å²) in [5.74, 6) is -0.733. The summed E-state index contributed by atoms with van der Waals surface area (Å²) in [5, 5.41) is 19.9. The Kier molecular flexibility index (Phi) is 3.65. The molecule has 0 amide bonds. The van der Waals surface area contributed by atoms with Crippen LogP contribution in [0.1, 0.15) is 15.9 Å². The van der Waals surface area contributed by atoms with Gasteiger partial charge in [0.05, 0.1) is 10.5 Å². The highest BCUT2D eigenvalue weighted by molar-refractivity contribution is 5.88. The van der Waals surface area contributed by atoms with E-state index in [1.54, 1.807) is 12.1 Å². The van der Waals surface area contributed by atoms with Gasteiger partial charge in [-0.05, 0) is 30.7 Å². The molecule has 2 rings (SSSR count). The normalized spacial score (nSPS) is 10.1. The van der Waals surface area contributed by atoms with Crippen molar-refractivity contribution >= 4 is 11.7 Å². The number of carboxylic acid groups (broad SMARTS) is 1. The van der Waals surface area contributed by atoms with Gasteiger partial charge >= 0.3 is 11.7 Å². The third-order valence-corrected chi connectivity index (χ3v) is 2.72. The number of aryl methyl sites for hydroxylation is 1. The topological polar surface area (TPSA) is 89.7 Å². The second-order valence-electron chi connectivity index (χ2n) is 4.11. The molecule has 0 fully saturated rings. The molecular formula is C14H11NO5. The molecule has 2 aromatic rings. The van der Waals surface area contributed by atoms with Crippen LogP contribution in [0.3, 0.4) is 0 Å². The van der Waals surface area contributed by atoms with Crippen LogP contribution in [-0.4, -0.2) is 16.0 Å². The van der Waals surface area contributed by atoms with Crippen molar-refractivity contribution < 1.29 is 19.6 Å². The van der Waals surface area contributed by atoms with E-state index in [2.05, 4.69) is 0 Å². The zero-order valence-electron chi connectivity index (χ0n) is 10.6. The number of ether oxygens (including phenoxy) is 1. The molecule has 6 nitrogen and oxygen atoms in total. The lowest BCUT2D eigenvalue weighted by atomic mass is 10.2. The SMILES string of the molecule is Cc1ccccc1Oc1ccc(C(=O)O)cc1[N+](=O)[O-]. The Balaban J connectivity index is 2.44. The number of aromatic carboxylic acids is 1. The minimum absolute atomic E-state index is 0.00861. The predicted molar refractivity (Wildman–Crippen MR) is 71.3 cm³/mol. The zero-order chi connectivity index (χ0) is 14.7. The third-order valence-electron chi connectivity index (χ3n) is 2.72. The first-order valence-corrected chi connectivity index (χ1v) is 5.74. The number of benzene rings is 2. The summed E-state index contributed by atoms with van der Waals surface area (Å²) in [7, 11) is 0. The number of rotatable bonds is 4. The molecule has 0 spiro atoms. The molecule has 0 heterocycles. The molecule has 0 aliphatic heterocycles. The van der Waals surface area contributed by atoms with Gasteiger partial charge < -0.3 is 9.84 Å². The van der Waals surface area contributed by atoms with Crippen LogP contribution < -0.4 is 4.74 Å². The first-order valence-electron chi connectivity index (χ1n) is 5.74. The van der Waals surface area contributed by atoms with Gasteiger partial charge in [0, 0.05) is 6.07 Å². The summed E-state index contributed by atoms with van der Waals surface area (Å²) in [4.78, 5) is 21.2. The van der Waals surface area contributed by atoms with Crippen molar-refractivity contribution in [2.24, 2.45) is 0 Å². The van der Waals surface area contributed by atoms with Crippen LogP contribution in [0, 0.1) is 17.0 Å². The number of nitro benzene ring substituents is 1. The van der Waals surface area contributed by atoms with Crippen molar-refractivity contribution in [3.63, 3.8) is 0 Å². The Hall–Kier alpha value is -2.89. The van der Waals surface area contributed by atoms with E-state index >= 15 is 0 Å². The molecule has 0 aromatic heterocycles. The molecule has 102 valence electrons. The maximum absolute atomic E-state index is 11.0. The number of nitrogens with zero attached hydrogens (tertiary/aromatic N) is 1. The fraction of sp³-hybridized carbons (Fsp3) is 0.0714. The minimum atomic E-state index is -1.23. The second-order valence-corrected chi connectivity index (χ2v) is 4.11. The minimum Gasteiger partial charge on any atom is -0.478 e. The summed E-state index contributed by atoms with van der Waals surface area (Å²) in [6.45, 7) is 1.81. The maximum atomic E-state index is 11.0. The van der Waals surface area contributed by atoms with Crippen LogP contribution in [0.25, 0.3) is 0 Å². The number of carbonyl (C=O) groups is 1. The van der Waals surface area contributed by atoms with E-state index in [0.717, 1.165) is 11.6 Å². The van der Waals surface area contributed by atoms with E-state index < -0.39 is 10.9 Å². The van der Waals surface area contributed by atoms with Crippen LogP contribution in [0.4, 0.5) is 5.69 Å². The van der Waals surface area contributed by atoms with E-state index in [1.165, 1.54) is 12.1 Å². The highest BCUT2D eigenvalue weighted by atomic mass is 16.6. The van der Waals surface area contributed by atoms with E-state index in [9.17, 15) is 14.9 Å². The Morgan fingerprint density at radius 2 is 1.90 bits per heavy atom. The zero-order valence-corrected chi connectivity index (χ0v) is 10.6. The van der Waals surface area contributed by atoms with Crippen molar-refractivity contribution in [1.29, 1.82) is 0 Å². The molecule has 0 bridgehead atoms. The van der Waals surface area contributed by atoms with Gasteiger partial charge in [0.25, 0.3) is 0 Å². The van der Waals surface area contributed by atoms with E-state index in [0.29, 0.717) is 5.75 Å². The van der Waals surface area contributed by atoms with Gasteiger partial charge in [0.2, 0.25) is 5.75 Å². The van der Waals surface area contributed by atoms with Crippen molar-refractivity contribution in [3.05, 3.63) is 63.7 Å². The standard InChI is InChI=1S/C14H11NO5/c1-9-4-2-3-5-12(9)20-13-7-6-10(14(16)17)8-11(13)15(18)19/h2-8H,1H3,(H,16,17). The van der Waals surface area contributed by atoms with Crippen molar-refractivity contribution in [3.8, 4) is 11.5 Å². The van der Waals surface area contributed by atoms with E-state index in [-0.39, 0.29) is 17.0 Å². The molecule has 0 radical (unpaired) electrons. The van der Waals surface area contributed by atoms with Gasteiger partial charge in [-0.15, -0.1) is 0 Å². The molecule has 20 heavy (non-hydrogen) atoms. The van der Waals surface area contributed by atoms with Gasteiger partial charge in [0.1, 0.15) is 5.75 Å². The fourth-order valence-corrected chi connectivity index (χ4v) is 1.67. The lowest BCUT2D eigenvalue weighted by molar-refractivity contribution is -0.385. The van der Waals surface area contributed by atoms with Gasteiger partial charge in [-0.25, -0.2) is 4.79 Å². The lowest BCUT2D eigenvalue weighted by Gasteiger charge is -2.09. The van der Waals surface area contributed by atoms with Gasteiger partial charge in [-0.2, -0.15) is 0 Å². The average Bonchev–Trinajstić information content (AvgIpc) is 2.41. The monoisotopic (exact) mass is 273 g/mol. The van der Waals surface area contributed by atoms with Crippen LogP contribution in [0.15, 0.2) is 42.5 Å². The number of nitro groups is 1. The molecule has 2 aromatic carbocycles. The predicted octanol–water partition coefficient (Wildman–Crippen LogP) is 3.39. The van der Waals surface area contributed by atoms with Crippen molar-refractivity contribution in [2.45, 2.75) is 6.92 Å². The number of carboxylic acids is 1. The average molecular weight is 273 g/mol. The molecule has 0 aliphatic carbocycles. The quantitative estimate of drug-likeness (QED) is 0.681. The number of para-hydroxylation sites is 1. The Labute approximate surface area is 114 Å². The molecule has 6 heteroatoms. The lowest BCUT2D eigenvalue weighted by Crippen LogP contribution is -2.00. The summed E-state index contributed by atoms with van der Waals surface area (Å²) in [5.41, 5.74) is 0.283. The van der Waals surface area contributed by atoms with E-state index in [1.807, 2.05) is 19.1 Å². The van der Waals surface area contributed by atoms with Crippen molar-refractivity contribution in [2.75, 3.05) is 0 Å². The molecule has 0 aliphatic rings. The highest BCUT2D eigenvalue weighted by Crippen LogP contribution is 2.33. The molecule has 1 N–H and O–H groups in total. The largest absolute Gasteiger partial charge is 0.478 e. The number of hydrogen-bond donors (Lipinski definition) is 1. The molecule has 0 saturated carbocycles. The summed E-state index contributed by atoms with van der Waals surface area (Å²) >= 11 is 0. The molecule has 0 atom stereocenters. The van der Waals surface area contributed by atoms with Crippen LogP contribution in [0.2, 0.25) is 0 Å². The molecule has 0 unspecified atom stereocenters. The Bertz CT molecular complexity index is 681. The maximum Gasteiger partial charge on any atom is 0.335 e. The molecule has 0 saturated heterocycles.